The van der Waals surface area contributed by atoms with E-state index in [4.69, 9.17) is 28.5 Å². The number of hydrogen-bond donors (Lipinski definition) is 0. The van der Waals surface area contributed by atoms with Gasteiger partial charge >= 0.3 is 0 Å². The van der Waals surface area contributed by atoms with E-state index in [0.717, 1.165) is 21.0 Å². The average Bonchev–Trinajstić information content (AvgIpc) is 2.66. The Labute approximate surface area is 125 Å². The summed E-state index contributed by atoms with van der Waals surface area (Å²) < 4.78 is 0. The summed E-state index contributed by atoms with van der Waals surface area (Å²) in [7, 11) is 0. The summed E-state index contributed by atoms with van der Waals surface area (Å²) in [5, 5.41) is 10.9. The van der Waals surface area contributed by atoms with Gasteiger partial charge in [0.25, 0.3) is 0 Å². The first kappa shape index (κ1) is 14.1. The Morgan fingerprint density at radius 2 is 2.00 bits per heavy atom. The lowest BCUT2D eigenvalue weighted by atomic mass is 10.2. The van der Waals surface area contributed by atoms with E-state index in [1.54, 1.807) is 18.3 Å². The maximum atomic E-state index is 9.13. The molecule has 1 heterocycles. The molecular weight excluding hydrogens is 299 g/mol. The Hall–Kier alpha value is -1.34. The van der Waals surface area contributed by atoms with E-state index in [1.165, 1.54) is 11.3 Å². The molecule has 0 aliphatic carbocycles. The number of rotatable bonds is 2. The molecule has 2 nitrogen and oxygen atoms in total. The van der Waals surface area contributed by atoms with Gasteiger partial charge in [-0.25, -0.2) is 4.99 Å². The molecule has 2 rings (SSSR count). The van der Waals surface area contributed by atoms with Crippen LogP contribution in [0.2, 0.25) is 10.0 Å². The van der Waals surface area contributed by atoms with Crippen molar-refractivity contribution in [2.75, 3.05) is 0 Å². The summed E-state index contributed by atoms with van der Waals surface area (Å²) in [6.07, 6.45) is 1.69. The number of aliphatic imine (C=N–C) groups is 1. The number of thiophene rings is 1. The molecule has 0 bridgehead atoms. The van der Waals surface area contributed by atoms with E-state index in [2.05, 4.69) is 11.1 Å². The Morgan fingerprint density at radius 3 is 2.63 bits per heavy atom. The van der Waals surface area contributed by atoms with Crippen molar-refractivity contribution in [3.8, 4) is 6.07 Å². The second-order valence-electron chi connectivity index (χ2n) is 4.01. The molecule has 1 aromatic carbocycles. The highest BCUT2D eigenvalue weighted by atomic mass is 35.5. The molecule has 0 fully saturated rings. The van der Waals surface area contributed by atoms with Crippen molar-refractivity contribution in [3.05, 3.63) is 49.8 Å². The van der Waals surface area contributed by atoms with Crippen LogP contribution in [0, 0.1) is 25.2 Å². The Kier molecular flexibility index (Phi) is 4.26. The fourth-order valence-corrected chi connectivity index (χ4v) is 2.82. The highest BCUT2D eigenvalue weighted by molar-refractivity contribution is 7.16. The fourth-order valence-electron chi connectivity index (χ4n) is 1.56. The minimum atomic E-state index is 0.490. The molecule has 0 spiro atoms. The number of benzene rings is 1. The minimum Gasteiger partial charge on any atom is -0.244 e. The number of hydrogen-bond acceptors (Lipinski definition) is 3. The molecule has 0 radical (unpaired) electrons. The van der Waals surface area contributed by atoms with E-state index >= 15 is 0 Å². The number of nitrogens with zero attached hydrogens (tertiary/aromatic N) is 2. The topological polar surface area (TPSA) is 36.1 Å². The smallest absolute Gasteiger partial charge is 0.134 e. The van der Waals surface area contributed by atoms with E-state index in [-0.39, 0.29) is 0 Å². The molecule has 19 heavy (non-hydrogen) atoms. The second kappa shape index (κ2) is 5.75. The number of aryl methyl sites for hydroxylation is 1. The second-order valence-corrected chi connectivity index (χ2v) is 6.02. The van der Waals surface area contributed by atoms with Crippen LogP contribution in [0.1, 0.15) is 21.6 Å². The van der Waals surface area contributed by atoms with E-state index < -0.39 is 0 Å². The normalized spacial score (nSPS) is 10.9. The minimum absolute atomic E-state index is 0.490. The van der Waals surface area contributed by atoms with Crippen LogP contribution < -0.4 is 0 Å². The Balaban J connectivity index is 2.35. The third-order valence-electron chi connectivity index (χ3n) is 2.75. The van der Waals surface area contributed by atoms with Gasteiger partial charge in [0.2, 0.25) is 0 Å². The molecule has 0 unspecified atom stereocenters. The maximum Gasteiger partial charge on any atom is 0.134 e. The van der Waals surface area contributed by atoms with Crippen LogP contribution >= 0.6 is 34.5 Å². The fraction of sp³-hybridized carbons (Fsp3) is 0.143. The Morgan fingerprint density at radius 1 is 1.26 bits per heavy atom. The molecule has 1 aromatic heterocycles. The summed E-state index contributed by atoms with van der Waals surface area (Å²) >= 11 is 13.3. The molecule has 2 aromatic rings. The first-order valence-corrected chi connectivity index (χ1v) is 7.09. The first-order valence-electron chi connectivity index (χ1n) is 5.52. The van der Waals surface area contributed by atoms with Crippen molar-refractivity contribution >= 4 is 45.8 Å². The summed E-state index contributed by atoms with van der Waals surface area (Å²) in [4.78, 5) is 5.48. The third-order valence-corrected chi connectivity index (χ3v) is 4.61. The van der Waals surface area contributed by atoms with Crippen LogP contribution in [0.15, 0.2) is 23.2 Å². The molecule has 0 N–H and O–H groups in total. The van der Waals surface area contributed by atoms with Gasteiger partial charge in [-0.3, -0.25) is 0 Å². The molecule has 96 valence electrons. The van der Waals surface area contributed by atoms with Crippen molar-refractivity contribution in [1.29, 1.82) is 5.26 Å². The van der Waals surface area contributed by atoms with E-state index in [1.807, 2.05) is 19.9 Å². The molecule has 0 amide bonds. The first-order chi connectivity index (χ1) is 9.02. The standard InChI is InChI=1S/C14H10Cl2N2S/c1-8-9(2)19-14(11(8)6-17)18-7-10-3-4-12(15)13(16)5-10/h3-5,7H,1-2H3/b18-7+. The van der Waals surface area contributed by atoms with Crippen LogP contribution in [0.4, 0.5) is 5.00 Å². The van der Waals surface area contributed by atoms with Crippen molar-refractivity contribution in [2.24, 2.45) is 4.99 Å². The van der Waals surface area contributed by atoms with Gasteiger partial charge in [-0.2, -0.15) is 5.26 Å². The number of nitriles is 1. The number of halogens is 2. The Bertz CT molecular complexity index is 696. The largest absolute Gasteiger partial charge is 0.244 e. The molecular formula is C14H10Cl2N2S. The monoisotopic (exact) mass is 308 g/mol. The summed E-state index contributed by atoms with van der Waals surface area (Å²) in [5.41, 5.74) is 2.48. The lowest BCUT2D eigenvalue weighted by Gasteiger charge is -1.96. The van der Waals surface area contributed by atoms with Crippen LogP contribution in [-0.4, -0.2) is 6.21 Å². The zero-order valence-corrected chi connectivity index (χ0v) is 12.7. The molecule has 0 atom stereocenters. The van der Waals surface area contributed by atoms with Crippen LogP contribution in [0.3, 0.4) is 0 Å². The van der Waals surface area contributed by atoms with Gasteiger partial charge in [-0.05, 0) is 37.1 Å². The van der Waals surface area contributed by atoms with Gasteiger partial charge in [0, 0.05) is 11.1 Å². The van der Waals surface area contributed by atoms with Gasteiger partial charge in [0.05, 0.1) is 15.6 Å². The van der Waals surface area contributed by atoms with Crippen molar-refractivity contribution in [2.45, 2.75) is 13.8 Å². The predicted molar refractivity (Wildman–Crippen MR) is 82.2 cm³/mol. The van der Waals surface area contributed by atoms with Crippen LogP contribution in [0.25, 0.3) is 0 Å². The van der Waals surface area contributed by atoms with Crippen LogP contribution in [-0.2, 0) is 0 Å². The van der Waals surface area contributed by atoms with Crippen molar-refractivity contribution in [3.63, 3.8) is 0 Å². The summed E-state index contributed by atoms with van der Waals surface area (Å²) in [6, 6.07) is 7.49. The van der Waals surface area contributed by atoms with Gasteiger partial charge < -0.3 is 0 Å². The lowest BCUT2D eigenvalue weighted by molar-refractivity contribution is 1.38. The maximum absolute atomic E-state index is 9.13. The molecule has 0 aliphatic rings. The van der Waals surface area contributed by atoms with E-state index in [9.17, 15) is 0 Å². The molecule has 0 saturated heterocycles. The zero-order chi connectivity index (χ0) is 14.0. The van der Waals surface area contributed by atoms with E-state index in [0.29, 0.717) is 15.6 Å². The molecule has 0 aliphatic heterocycles. The molecule has 5 heteroatoms. The van der Waals surface area contributed by atoms with Crippen molar-refractivity contribution in [1.82, 2.24) is 0 Å². The lowest BCUT2D eigenvalue weighted by Crippen LogP contribution is -1.81. The highest BCUT2D eigenvalue weighted by Gasteiger charge is 2.10. The third kappa shape index (κ3) is 2.98. The zero-order valence-electron chi connectivity index (χ0n) is 10.4. The van der Waals surface area contributed by atoms with Crippen molar-refractivity contribution < 1.29 is 0 Å². The predicted octanol–water partition coefficient (Wildman–Crippen LogP) is 5.29. The van der Waals surface area contributed by atoms with Gasteiger partial charge in [-0.15, -0.1) is 11.3 Å². The molecule has 0 saturated carbocycles. The van der Waals surface area contributed by atoms with Gasteiger partial charge in [-0.1, -0.05) is 29.3 Å². The summed E-state index contributed by atoms with van der Waals surface area (Å²) in [6.45, 7) is 3.92. The van der Waals surface area contributed by atoms with Crippen LogP contribution in [0.5, 0.6) is 0 Å². The quantitative estimate of drug-likeness (QED) is 0.694. The van der Waals surface area contributed by atoms with Gasteiger partial charge in [0.15, 0.2) is 0 Å². The van der Waals surface area contributed by atoms with Gasteiger partial charge in [0.1, 0.15) is 11.1 Å². The highest BCUT2D eigenvalue weighted by Crippen LogP contribution is 2.34. The summed E-state index contributed by atoms with van der Waals surface area (Å²) in [5.74, 6) is 0. The average molecular weight is 309 g/mol. The SMILES string of the molecule is Cc1sc(/N=C/c2ccc(Cl)c(Cl)c2)c(C#N)c1C.